The molecule has 0 spiro atoms. The van der Waals surface area contributed by atoms with Gasteiger partial charge in [-0.15, -0.1) is 0 Å². The largest absolute Gasteiger partial charge is 0.493 e. The zero-order chi connectivity index (χ0) is 23.0. The SMILES string of the molecule is CCC1(CC(O)(C=Nc2cccc3c(=O)[nH]ncc23)C(F)(F)F)CCOc2ccccc21. The average Bonchev–Trinajstić information content (AvgIpc) is 2.77. The van der Waals surface area contributed by atoms with Gasteiger partial charge >= 0.3 is 6.18 Å². The van der Waals surface area contributed by atoms with Crippen LogP contribution < -0.4 is 10.3 Å². The van der Waals surface area contributed by atoms with E-state index >= 15 is 0 Å². The van der Waals surface area contributed by atoms with E-state index < -0.39 is 29.2 Å². The molecule has 0 fully saturated rings. The van der Waals surface area contributed by atoms with Crippen molar-refractivity contribution < 1.29 is 23.0 Å². The highest BCUT2D eigenvalue weighted by Gasteiger charge is 2.57. The first kappa shape index (κ1) is 22.0. The van der Waals surface area contributed by atoms with Crippen LogP contribution in [0.25, 0.3) is 10.8 Å². The normalized spacial score (nSPS) is 20.7. The summed E-state index contributed by atoms with van der Waals surface area (Å²) in [5, 5.41) is 17.4. The molecule has 0 radical (unpaired) electrons. The second-order valence-corrected chi connectivity index (χ2v) is 8.02. The number of nitrogens with zero attached hydrogens (tertiary/aromatic N) is 2. The molecule has 2 atom stereocenters. The molecule has 0 aliphatic carbocycles. The Hall–Kier alpha value is -3.20. The van der Waals surface area contributed by atoms with E-state index in [0.717, 1.165) is 0 Å². The van der Waals surface area contributed by atoms with Gasteiger partial charge in [0.05, 0.1) is 23.9 Å². The van der Waals surface area contributed by atoms with Crippen molar-refractivity contribution in [3.63, 3.8) is 0 Å². The zero-order valence-corrected chi connectivity index (χ0v) is 17.3. The van der Waals surface area contributed by atoms with Gasteiger partial charge in [-0.3, -0.25) is 9.79 Å². The molecular weight excluding hydrogens is 423 g/mol. The van der Waals surface area contributed by atoms with Crippen molar-refractivity contribution >= 4 is 22.7 Å². The first-order chi connectivity index (χ1) is 15.2. The molecule has 168 valence electrons. The number of aromatic amines is 1. The number of rotatable bonds is 5. The minimum Gasteiger partial charge on any atom is -0.493 e. The summed E-state index contributed by atoms with van der Waals surface area (Å²) >= 11 is 0. The van der Waals surface area contributed by atoms with Crippen molar-refractivity contribution in [2.75, 3.05) is 6.61 Å². The molecule has 9 heteroatoms. The van der Waals surface area contributed by atoms with Gasteiger partial charge in [0.2, 0.25) is 0 Å². The topological polar surface area (TPSA) is 87.6 Å². The molecule has 1 aliphatic rings. The van der Waals surface area contributed by atoms with E-state index in [9.17, 15) is 23.1 Å². The summed E-state index contributed by atoms with van der Waals surface area (Å²) in [6.07, 6.45) is -3.00. The fraction of sp³-hybridized carbons (Fsp3) is 0.348. The lowest BCUT2D eigenvalue weighted by Gasteiger charge is -2.43. The van der Waals surface area contributed by atoms with Crippen LogP contribution in [-0.4, -0.2) is 39.9 Å². The number of ether oxygens (including phenoxy) is 1. The monoisotopic (exact) mass is 445 g/mol. The average molecular weight is 445 g/mol. The van der Waals surface area contributed by atoms with Crippen LogP contribution in [0.2, 0.25) is 0 Å². The highest BCUT2D eigenvalue weighted by Crippen LogP contribution is 2.49. The quantitative estimate of drug-likeness (QED) is 0.569. The molecule has 2 aromatic carbocycles. The molecule has 2 heterocycles. The van der Waals surface area contributed by atoms with Crippen molar-refractivity contribution in [1.29, 1.82) is 0 Å². The van der Waals surface area contributed by atoms with Gasteiger partial charge in [-0.25, -0.2) is 5.10 Å². The Morgan fingerprint density at radius 2 is 2.00 bits per heavy atom. The standard InChI is InChI=1S/C23H22F3N3O3/c1-2-21(10-11-32-19-9-4-3-7-17(19)21)13-22(31,23(24,25)26)14-27-18-8-5-6-15-16(18)12-28-29-20(15)30/h3-9,12,14,31H,2,10-11,13H2,1H3,(H,29,30). The Kier molecular flexibility index (Phi) is 5.54. The summed E-state index contributed by atoms with van der Waals surface area (Å²) < 4.78 is 48.2. The number of fused-ring (bicyclic) bond motifs is 2. The Morgan fingerprint density at radius 1 is 1.22 bits per heavy atom. The van der Waals surface area contributed by atoms with Crippen LogP contribution in [0.1, 0.15) is 31.7 Å². The van der Waals surface area contributed by atoms with E-state index in [-0.39, 0.29) is 17.7 Å². The van der Waals surface area contributed by atoms with Crippen LogP contribution in [0.4, 0.5) is 18.9 Å². The lowest BCUT2D eigenvalue weighted by molar-refractivity contribution is -0.236. The molecule has 32 heavy (non-hydrogen) atoms. The predicted octanol–water partition coefficient (Wildman–Crippen LogP) is 4.44. The summed E-state index contributed by atoms with van der Waals surface area (Å²) in [7, 11) is 0. The number of aliphatic imine (C=N–C) groups is 1. The second-order valence-electron chi connectivity index (χ2n) is 8.02. The molecule has 2 N–H and O–H groups in total. The highest BCUT2D eigenvalue weighted by molar-refractivity contribution is 5.93. The summed E-state index contributed by atoms with van der Waals surface area (Å²) in [4.78, 5) is 15.9. The van der Waals surface area contributed by atoms with Crippen LogP contribution in [0.5, 0.6) is 5.75 Å². The summed E-state index contributed by atoms with van der Waals surface area (Å²) in [6.45, 7) is 2.06. The second kappa shape index (κ2) is 8.05. The van der Waals surface area contributed by atoms with E-state index in [1.165, 1.54) is 24.4 Å². The third kappa shape index (κ3) is 3.77. The smallest absolute Gasteiger partial charge is 0.422 e. The number of halogens is 3. The van der Waals surface area contributed by atoms with E-state index in [1.54, 1.807) is 31.2 Å². The third-order valence-corrected chi connectivity index (χ3v) is 6.18. The molecule has 4 rings (SSSR count). The number of aliphatic hydroxyl groups is 1. The predicted molar refractivity (Wildman–Crippen MR) is 115 cm³/mol. The number of hydrogen-bond acceptors (Lipinski definition) is 5. The van der Waals surface area contributed by atoms with E-state index in [4.69, 9.17) is 4.74 Å². The Balaban J connectivity index is 1.78. The fourth-order valence-electron chi connectivity index (χ4n) is 4.32. The lowest BCUT2D eigenvalue weighted by Crippen LogP contribution is -2.52. The number of nitrogens with one attached hydrogen (secondary N) is 1. The molecular formula is C23H22F3N3O3. The first-order valence-electron chi connectivity index (χ1n) is 10.2. The van der Waals surface area contributed by atoms with Crippen LogP contribution in [-0.2, 0) is 5.41 Å². The van der Waals surface area contributed by atoms with Crippen molar-refractivity contribution in [1.82, 2.24) is 10.2 Å². The maximum Gasteiger partial charge on any atom is 0.422 e. The Morgan fingerprint density at radius 3 is 2.75 bits per heavy atom. The summed E-state index contributed by atoms with van der Waals surface area (Å²) in [5.41, 5.74) is -3.85. The van der Waals surface area contributed by atoms with Gasteiger partial charge in [0.25, 0.3) is 5.56 Å². The van der Waals surface area contributed by atoms with E-state index in [0.29, 0.717) is 35.8 Å². The number of benzene rings is 2. The molecule has 1 aliphatic heterocycles. The molecule has 6 nitrogen and oxygen atoms in total. The molecule has 1 aromatic heterocycles. The highest BCUT2D eigenvalue weighted by atomic mass is 19.4. The summed E-state index contributed by atoms with van der Waals surface area (Å²) in [5.74, 6) is 0.529. The van der Waals surface area contributed by atoms with Gasteiger partial charge in [-0.1, -0.05) is 31.2 Å². The number of para-hydroxylation sites is 1. The number of H-pyrrole nitrogens is 1. The van der Waals surface area contributed by atoms with Gasteiger partial charge in [-0.05, 0) is 31.0 Å². The van der Waals surface area contributed by atoms with Gasteiger partial charge in [0.15, 0.2) is 5.60 Å². The zero-order valence-electron chi connectivity index (χ0n) is 17.3. The van der Waals surface area contributed by atoms with Gasteiger partial charge < -0.3 is 9.84 Å². The van der Waals surface area contributed by atoms with Crippen LogP contribution in [0.15, 0.2) is 58.4 Å². The maximum atomic E-state index is 14.2. The molecule has 0 saturated carbocycles. The molecule has 0 saturated heterocycles. The third-order valence-electron chi connectivity index (χ3n) is 6.18. The van der Waals surface area contributed by atoms with E-state index in [1.807, 2.05) is 0 Å². The summed E-state index contributed by atoms with van der Waals surface area (Å²) in [6, 6.07) is 11.5. The Bertz CT molecular complexity index is 1220. The minimum absolute atomic E-state index is 0.113. The first-order valence-corrected chi connectivity index (χ1v) is 10.2. The van der Waals surface area contributed by atoms with Crippen LogP contribution in [0, 0.1) is 0 Å². The van der Waals surface area contributed by atoms with Crippen LogP contribution in [0.3, 0.4) is 0 Å². The number of aromatic nitrogens is 2. The number of hydrogen-bond donors (Lipinski definition) is 2. The molecule has 3 aromatic rings. The van der Waals surface area contributed by atoms with Crippen molar-refractivity contribution in [3.05, 3.63) is 64.6 Å². The molecule has 2 unspecified atom stereocenters. The van der Waals surface area contributed by atoms with Gasteiger partial charge in [-0.2, -0.15) is 18.3 Å². The van der Waals surface area contributed by atoms with Crippen molar-refractivity contribution in [3.8, 4) is 5.75 Å². The fourth-order valence-corrected chi connectivity index (χ4v) is 4.32. The maximum absolute atomic E-state index is 14.2. The Labute approximate surface area is 181 Å². The molecule has 0 bridgehead atoms. The lowest BCUT2D eigenvalue weighted by atomic mass is 9.67. The van der Waals surface area contributed by atoms with Crippen molar-refractivity contribution in [2.24, 2.45) is 4.99 Å². The van der Waals surface area contributed by atoms with Crippen molar-refractivity contribution in [2.45, 2.75) is 43.4 Å². The van der Waals surface area contributed by atoms with Gasteiger partial charge in [0.1, 0.15) is 5.75 Å². The van der Waals surface area contributed by atoms with Gasteiger partial charge in [0, 0.05) is 29.0 Å². The minimum atomic E-state index is -4.97. The van der Waals surface area contributed by atoms with Crippen LogP contribution >= 0.6 is 0 Å². The van der Waals surface area contributed by atoms with E-state index in [2.05, 4.69) is 15.2 Å². The molecule has 0 amide bonds. The number of alkyl halides is 3.